The Hall–Kier alpha value is -0.610. The van der Waals surface area contributed by atoms with Gasteiger partial charge in [-0.25, -0.2) is 0 Å². The molecule has 0 amide bonds. The highest BCUT2D eigenvalue weighted by Crippen LogP contribution is 2.24. The molecule has 1 aliphatic heterocycles. The van der Waals surface area contributed by atoms with Gasteiger partial charge < -0.3 is 14.9 Å². The van der Waals surface area contributed by atoms with Crippen molar-refractivity contribution in [1.82, 2.24) is 5.32 Å². The lowest BCUT2D eigenvalue weighted by atomic mass is 9.86. The van der Waals surface area contributed by atoms with Crippen molar-refractivity contribution in [3.8, 4) is 0 Å². The van der Waals surface area contributed by atoms with Crippen LogP contribution in [0, 0.1) is 5.92 Å². The van der Waals surface area contributed by atoms with Crippen molar-refractivity contribution < 1.29 is 9.57 Å². The summed E-state index contributed by atoms with van der Waals surface area (Å²) in [5.41, 5.74) is 1.16. The maximum Gasteiger partial charge on any atom is 0.144 e. The minimum absolute atomic E-state index is 0.159. The van der Waals surface area contributed by atoms with E-state index in [2.05, 4.69) is 17.4 Å². The quantitative estimate of drug-likeness (QED) is 0.603. The van der Waals surface area contributed by atoms with E-state index in [1.165, 1.54) is 32.1 Å². The number of oxime groups is 1. The van der Waals surface area contributed by atoms with E-state index < -0.39 is 0 Å². The first kappa shape index (κ1) is 12.8. The summed E-state index contributed by atoms with van der Waals surface area (Å²) < 4.78 is 5.55. The van der Waals surface area contributed by atoms with Gasteiger partial charge in [-0.15, -0.1) is 0 Å². The van der Waals surface area contributed by atoms with Crippen LogP contribution in [0.4, 0.5) is 0 Å². The monoisotopic (exact) mass is 240 g/mol. The van der Waals surface area contributed by atoms with Crippen LogP contribution in [0.5, 0.6) is 0 Å². The minimum Gasteiger partial charge on any atom is -0.393 e. The molecule has 0 bridgehead atoms. The number of morpholine rings is 1. The summed E-state index contributed by atoms with van der Waals surface area (Å²) >= 11 is 0. The molecule has 17 heavy (non-hydrogen) atoms. The molecule has 1 saturated heterocycles. The van der Waals surface area contributed by atoms with E-state index in [1.807, 2.05) is 0 Å². The van der Waals surface area contributed by atoms with Crippen molar-refractivity contribution in [2.45, 2.75) is 45.1 Å². The van der Waals surface area contributed by atoms with Crippen LogP contribution in [-0.4, -0.2) is 38.1 Å². The first-order chi connectivity index (χ1) is 8.36. The number of nitrogens with zero attached hydrogens (tertiary/aromatic N) is 1. The number of hydrogen-bond donors (Lipinski definition) is 1. The average Bonchev–Trinajstić information content (AvgIpc) is 2.41. The van der Waals surface area contributed by atoms with Gasteiger partial charge in [-0.2, -0.15) is 0 Å². The second-order valence-electron chi connectivity index (χ2n) is 5.06. The Morgan fingerprint density at radius 3 is 2.88 bits per heavy atom. The third-order valence-electron chi connectivity index (χ3n) is 3.67. The normalized spacial score (nSPS) is 28.1. The molecule has 0 spiro atoms. The first-order valence-electron chi connectivity index (χ1n) is 6.85. The number of ether oxygens (including phenoxy) is 1. The van der Waals surface area contributed by atoms with Crippen LogP contribution in [0.25, 0.3) is 0 Å². The van der Waals surface area contributed by atoms with Gasteiger partial charge in [-0.1, -0.05) is 24.4 Å². The van der Waals surface area contributed by atoms with Crippen LogP contribution in [-0.2, 0) is 9.57 Å². The fourth-order valence-electron chi connectivity index (χ4n) is 2.54. The zero-order chi connectivity index (χ0) is 11.9. The molecule has 2 aliphatic rings. The fraction of sp³-hybridized carbons (Fsp3) is 0.923. The number of rotatable bonds is 4. The van der Waals surface area contributed by atoms with Gasteiger partial charge in [0.25, 0.3) is 0 Å². The molecule has 4 heteroatoms. The Labute approximate surface area is 104 Å². The van der Waals surface area contributed by atoms with E-state index in [9.17, 15) is 0 Å². The van der Waals surface area contributed by atoms with Crippen LogP contribution in [0.3, 0.4) is 0 Å². The second kappa shape index (κ2) is 6.97. The Morgan fingerprint density at radius 2 is 2.18 bits per heavy atom. The standard InChI is InChI=1S/C13H24N2O2/c1-11(12-5-3-2-4-6-12)15-17-10-13-9-14-7-8-16-13/h12-14H,2-10H2,1H3/b15-11+. The first-order valence-corrected chi connectivity index (χ1v) is 6.85. The molecule has 1 atom stereocenters. The van der Waals surface area contributed by atoms with E-state index in [4.69, 9.17) is 9.57 Å². The summed E-state index contributed by atoms with van der Waals surface area (Å²) in [7, 11) is 0. The summed E-state index contributed by atoms with van der Waals surface area (Å²) in [6.45, 7) is 5.26. The molecule has 1 aliphatic carbocycles. The molecule has 1 N–H and O–H groups in total. The highest BCUT2D eigenvalue weighted by Gasteiger charge is 2.17. The lowest BCUT2D eigenvalue weighted by Gasteiger charge is -2.23. The topological polar surface area (TPSA) is 42.8 Å². The summed E-state index contributed by atoms with van der Waals surface area (Å²) in [5.74, 6) is 0.647. The predicted molar refractivity (Wildman–Crippen MR) is 68.2 cm³/mol. The predicted octanol–water partition coefficient (Wildman–Crippen LogP) is 1.95. The molecule has 0 radical (unpaired) electrons. The van der Waals surface area contributed by atoms with Crippen LogP contribution in [0.15, 0.2) is 5.16 Å². The van der Waals surface area contributed by atoms with E-state index in [0.29, 0.717) is 12.5 Å². The van der Waals surface area contributed by atoms with E-state index >= 15 is 0 Å². The highest BCUT2D eigenvalue weighted by atomic mass is 16.6. The molecule has 2 rings (SSSR count). The van der Waals surface area contributed by atoms with Crippen molar-refractivity contribution in [3.05, 3.63) is 0 Å². The van der Waals surface area contributed by atoms with Gasteiger partial charge in [-0.05, 0) is 19.8 Å². The lowest BCUT2D eigenvalue weighted by molar-refractivity contribution is -0.0305. The summed E-state index contributed by atoms with van der Waals surface area (Å²) in [5, 5.41) is 7.53. The molecule has 1 unspecified atom stereocenters. The summed E-state index contributed by atoms with van der Waals surface area (Å²) in [6.07, 6.45) is 6.78. The number of nitrogens with one attached hydrogen (secondary N) is 1. The number of hydrogen-bond acceptors (Lipinski definition) is 4. The summed E-state index contributed by atoms with van der Waals surface area (Å²) in [6, 6.07) is 0. The molecule has 1 heterocycles. The molecular formula is C13H24N2O2. The van der Waals surface area contributed by atoms with Gasteiger partial charge in [0.05, 0.1) is 12.3 Å². The van der Waals surface area contributed by atoms with Gasteiger partial charge in [-0.3, -0.25) is 0 Å². The molecule has 2 fully saturated rings. The van der Waals surface area contributed by atoms with Crippen molar-refractivity contribution in [2.75, 3.05) is 26.3 Å². The van der Waals surface area contributed by atoms with Gasteiger partial charge in [0, 0.05) is 19.0 Å². The van der Waals surface area contributed by atoms with Gasteiger partial charge >= 0.3 is 0 Å². The van der Waals surface area contributed by atoms with E-state index in [0.717, 1.165) is 25.4 Å². The maximum absolute atomic E-state index is 5.55. The molecule has 4 nitrogen and oxygen atoms in total. The lowest BCUT2D eigenvalue weighted by Crippen LogP contribution is -2.40. The smallest absolute Gasteiger partial charge is 0.144 e. The van der Waals surface area contributed by atoms with Gasteiger partial charge in [0.15, 0.2) is 0 Å². The van der Waals surface area contributed by atoms with Crippen molar-refractivity contribution in [1.29, 1.82) is 0 Å². The Bertz CT molecular complexity index is 244. The molecule has 1 saturated carbocycles. The van der Waals surface area contributed by atoms with Gasteiger partial charge in [0.1, 0.15) is 12.7 Å². The third kappa shape index (κ3) is 4.28. The van der Waals surface area contributed by atoms with Crippen LogP contribution < -0.4 is 5.32 Å². The van der Waals surface area contributed by atoms with Gasteiger partial charge in [0.2, 0.25) is 0 Å². The van der Waals surface area contributed by atoms with Crippen LogP contribution >= 0.6 is 0 Å². The maximum atomic E-state index is 5.55. The Morgan fingerprint density at radius 1 is 1.35 bits per heavy atom. The SMILES string of the molecule is C/C(=N\OCC1CNCCO1)C1CCCCC1. The second-order valence-corrected chi connectivity index (χ2v) is 5.06. The molecule has 0 aromatic carbocycles. The fourth-order valence-corrected chi connectivity index (χ4v) is 2.54. The van der Waals surface area contributed by atoms with E-state index in [-0.39, 0.29) is 6.10 Å². The highest BCUT2D eigenvalue weighted by molar-refractivity contribution is 5.83. The van der Waals surface area contributed by atoms with Crippen LogP contribution in [0.1, 0.15) is 39.0 Å². The zero-order valence-corrected chi connectivity index (χ0v) is 10.8. The third-order valence-corrected chi connectivity index (χ3v) is 3.67. The minimum atomic E-state index is 0.159. The van der Waals surface area contributed by atoms with Crippen LogP contribution in [0.2, 0.25) is 0 Å². The van der Waals surface area contributed by atoms with Crippen molar-refractivity contribution >= 4 is 5.71 Å². The largest absolute Gasteiger partial charge is 0.393 e. The Balaban J connectivity index is 1.67. The molecule has 0 aromatic heterocycles. The van der Waals surface area contributed by atoms with Crippen molar-refractivity contribution in [3.63, 3.8) is 0 Å². The molecule has 0 aromatic rings. The Kier molecular flexibility index (Phi) is 5.26. The average molecular weight is 240 g/mol. The molecule has 98 valence electrons. The zero-order valence-electron chi connectivity index (χ0n) is 10.8. The van der Waals surface area contributed by atoms with E-state index in [1.54, 1.807) is 0 Å². The van der Waals surface area contributed by atoms with Crippen molar-refractivity contribution in [2.24, 2.45) is 11.1 Å². The molecular weight excluding hydrogens is 216 g/mol. The summed E-state index contributed by atoms with van der Waals surface area (Å²) in [4.78, 5) is 5.41.